The number of carbonyl (C=O) groups is 1. The predicted octanol–water partition coefficient (Wildman–Crippen LogP) is 0.867. The van der Waals surface area contributed by atoms with E-state index in [0.29, 0.717) is 6.42 Å². The summed E-state index contributed by atoms with van der Waals surface area (Å²) >= 11 is 1.86. The first-order valence-electron chi connectivity index (χ1n) is 7.56. The standard InChI is InChI=1S/C15H23N3O3S2/c1-11(18-15(19)9-13-10-22-8-7-17-13)12-3-5-14(6-4-12)23(20,21)16-2/h3-6,11,13,16-17H,7-10H2,1-2H3,(H,18,19). The molecule has 0 bridgehead atoms. The molecule has 8 heteroatoms. The van der Waals surface area contributed by atoms with Gasteiger partial charge in [-0.1, -0.05) is 12.1 Å². The van der Waals surface area contributed by atoms with Crippen molar-refractivity contribution in [3.05, 3.63) is 29.8 Å². The van der Waals surface area contributed by atoms with Crippen LogP contribution in [0.1, 0.15) is 24.9 Å². The van der Waals surface area contributed by atoms with E-state index in [1.54, 1.807) is 24.3 Å². The number of hydrogen-bond acceptors (Lipinski definition) is 5. The number of nitrogens with one attached hydrogen (secondary N) is 3. The van der Waals surface area contributed by atoms with Gasteiger partial charge in [-0.3, -0.25) is 4.79 Å². The van der Waals surface area contributed by atoms with Crippen LogP contribution in [0.2, 0.25) is 0 Å². The Morgan fingerprint density at radius 1 is 1.39 bits per heavy atom. The fraction of sp³-hybridized carbons (Fsp3) is 0.533. The van der Waals surface area contributed by atoms with Gasteiger partial charge in [0.25, 0.3) is 0 Å². The van der Waals surface area contributed by atoms with Crippen LogP contribution >= 0.6 is 11.8 Å². The Kier molecular flexibility index (Phi) is 6.46. The molecular weight excluding hydrogens is 334 g/mol. The number of rotatable bonds is 6. The van der Waals surface area contributed by atoms with Gasteiger partial charge in [0.15, 0.2) is 0 Å². The van der Waals surface area contributed by atoms with Gasteiger partial charge >= 0.3 is 0 Å². The van der Waals surface area contributed by atoms with E-state index in [-0.39, 0.29) is 22.9 Å². The molecule has 1 saturated heterocycles. The Morgan fingerprint density at radius 3 is 2.65 bits per heavy atom. The molecule has 1 aliphatic heterocycles. The predicted molar refractivity (Wildman–Crippen MR) is 93.0 cm³/mol. The molecule has 1 aliphatic rings. The van der Waals surface area contributed by atoms with Crippen LogP contribution in [0.15, 0.2) is 29.2 Å². The van der Waals surface area contributed by atoms with Crippen molar-refractivity contribution in [3.8, 4) is 0 Å². The molecule has 2 unspecified atom stereocenters. The lowest BCUT2D eigenvalue weighted by molar-refractivity contribution is -0.122. The molecule has 0 saturated carbocycles. The van der Waals surface area contributed by atoms with Gasteiger partial charge in [-0.15, -0.1) is 0 Å². The molecule has 1 heterocycles. The second kappa shape index (κ2) is 8.14. The van der Waals surface area contributed by atoms with Crippen molar-refractivity contribution < 1.29 is 13.2 Å². The summed E-state index contributed by atoms with van der Waals surface area (Å²) in [6.45, 7) is 2.84. The molecule has 6 nitrogen and oxygen atoms in total. The quantitative estimate of drug-likeness (QED) is 0.703. The van der Waals surface area contributed by atoms with E-state index in [9.17, 15) is 13.2 Å². The van der Waals surface area contributed by atoms with Crippen molar-refractivity contribution in [2.75, 3.05) is 25.1 Å². The van der Waals surface area contributed by atoms with E-state index in [4.69, 9.17) is 0 Å². The van der Waals surface area contributed by atoms with Gasteiger partial charge in [-0.05, 0) is 31.7 Å². The maximum atomic E-state index is 12.1. The molecule has 1 aromatic rings. The largest absolute Gasteiger partial charge is 0.350 e. The van der Waals surface area contributed by atoms with Crippen LogP contribution in [0.3, 0.4) is 0 Å². The minimum absolute atomic E-state index is 0.00410. The minimum atomic E-state index is -3.43. The van der Waals surface area contributed by atoms with Crippen LogP contribution in [0, 0.1) is 0 Å². The van der Waals surface area contributed by atoms with Crippen molar-refractivity contribution in [2.24, 2.45) is 0 Å². The fourth-order valence-corrected chi connectivity index (χ4v) is 4.09. The van der Waals surface area contributed by atoms with Crippen LogP contribution in [-0.4, -0.2) is 45.5 Å². The minimum Gasteiger partial charge on any atom is -0.350 e. The van der Waals surface area contributed by atoms with Gasteiger partial charge in [0.2, 0.25) is 15.9 Å². The van der Waals surface area contributed by atoms with Crippen LogP contribution in [0.5, 0.6) is 0 Å². The van der Waals surface area contributed by atoms with Crippen molar-refractivity contribution in [1.82, 2.24) is 15.4 Å². The summed E-state index contributed by atoms with van der Waals surface area (Å²) in [7, 11) is -2.05. The van der Waals surface area contributed by atoms with Gasteiger partial charge in [-0.2, -0.15) is 11.8 Å². The topological polar surface area (TPSA) is 87.3 Å². The molecule has 128 valence electrons. The zero-order valence-electron chi connectivity index (χ0n) is 13.3. The van der Waals surface area contributed by atoms with Gasteiger partial charge in [0.05, 0.1) is 10.9 Å². The summed E-state index contributed by atoms with van der Waals surface area (Å²) in [4.78, 5) is 12.3. The lowest BCUT2D eigenvalue weighted by Gasteiger charge is -2.23. The van der Waals surface area contributed by atoms with E-state index in [1.807, 2.05) is 18.7 Å². The second-order valence-corrected chi connectivity index (χ2v) is 8.53. The third-order valence-corrected chi connectivity index (χ3v) is 6.33. The Bertz CT molecular complexity index is 626. The number of amides is 1. The summed E-state index contributed by atoms with van der Waals surface area (Å²) in [6.07, 6.45) is 0.462. The zero-order chi connectivity index (χ0) is 16.9. The third kappa shape index (κ3) is 5.20. The summed E-state index contributed by atoms with van der Waals surface area (Å²) in [5.74, 6) is 2.05. The third-order valence-electron chi connectivity index (χ3n) is 3.77. The molecule has 0 spiro atoms. The first-order valence-corrected chi connectivity index (χ1v) is 10.2. The first kappa shape index (κ1) is 18.3. The van der Waals surface area contributed by atoms with E-state index >= 15 is 0 Å². The van der Waals surface area contributed by atoms with Crippen LogP contribution in [0.25, 0.3) is 0 Å². The molecule has 1 amide bonds. The second-order valence-electron chi connectivity index (χ2n) is 5.50. The van der Waals surface area contributed by atoms with Crippen molar-refractivity contribution in [3.63, 3.8) is 0 Å². The van der Waals surface area contributed by atoms with Crippen LogP contribution in [-0.2, 0) is 14.8 Å². The smallest absolute Gasteiger partial charge is 0.240 e. The monoisotopic (exact) mass is 357 g/mol. The van der Waals surface area contributed by atoms with E-state index in [2.05, 4.69) is 15.4 Å². The normalized spacial score (nSPS) is 20.0. The Balaban J connectivity index is 1.92. The molecule has 1 aromatic carbocycles. The Morgan fingerprint density at radius 2 is 2.09 bits per heavy atom. The van der Waals surface area contributed by atoms with Gasteiger partial charge in [-0.25, -0.2) is 13.1 Å². The number of hydrogen-bond donors (Lipinski definition) is 3. The van der Waals surface area contributed by atoms with Crippen molar-refractivity contribution >= 4 is 27.7 Å². The maximum Gasteiger partial charge on any atom is 0.240 e. The maximum absolute atomic E-state index is 12.1. The van der Waals surface area contributed by atoms with Crippen LogP contribution < -0.4 is 15.4 Å². The fourth-order valence-electron chi connectivity index (χ4n) is 2.41. The van der Waals surface area contributed by atoms with Crippen molar-refractivity contribution in [1.29, 1.82) is 0 Å². The highest BCUT2D eigenvalue weighted by Gasteiger charge is 2.18. The average Bonchev–Trinajstić information content (AvgIpc) is 2.55. The van der Waals surface area contributed by atoms with Gasteiger partial charge in [0, 0.05) is 30.5 Å². The van der Waals surface area contributed by atoms with E-state index in [1.165, 1.54) is 7.05 Å². The molecular formula is C15H23N3O3S2. The lowest BCUT2D eigenvalue weighted by Crippen LogP contribution is -2.41. The number of thioether (sulfide) groups is 1. The highest BCUT2D eigenvalue weighted by atomic mass is 32.2. The molecule has 1 fully saturated rings. The molecule has 23 heavy (non-hydrogen) atoms. The summed E-state index contributed by atoms with van der Waals surface area (Å²) in [5, 5.41) is 6.30. The Hall–Kier alpha value is -1.09. The zero-order valence-corrected chi connectivity index (χ0v) is 15.0. The van der Waals surface area contributed by atoms with Gasteiger partial charge < -0.3 is 10.6 Å². The number of sulfonamides is 1. The van der Waals surface area contributed by atoms with E-state index in [0.717, 1.165) is 23.6 Å². The van der Waals surface area contributed by atoms with Gasteiger partial charge in [0.1, 0.15) is 0 Å². The molecule has 3 N–H and O–H groups in total. The average molecular weight is 358 g/mol. The Labute approximate surface area is 141 Å². The number of carbonyl (C=O) groups excluding carboxylic acids is 1. The first-order chi connectivity index (χ1) is 10.9. The molecule has 0 aliphatic carbocycles. The highest BCUT2D eigenvalue weighted by Crippen LogP contribution is 2.17. The molecule has 0 radical (unpaired) electrons. The molecule has 0 aromatic heterocycles. The summed E-state index contributed by atoms with van der Waals surface area (Å²) in [6, 6.07) is 6.61. The molecule has 2 atom stereocenters. The number of benzene rings is 1. The van der Waals surface area contributed by atoms with Crippen molar-refractivity contribution in [2.45, 2.75) is 30.3 Å². The van der Waals surface area contributed by atoms with E-state index < -0.39 is 10.0 Å². The highest BCUT2D eigenvalue weighted by molar-refractivity contribution is 7.99. The lowest BCUT2D eigenvalue weighted by atomic mass is 10.1. The van der Waals surface area contributed by atoms with Crippen LogP contribution in [0.4, 0.5) is 0 Å². The molecule has 2 rings (SSSR count). The summed E-state index contributed by atoms with van der Waals surface area (Å²) in [5.41, 5.74) is 0.874. The SMILES string of the molecule is CNS(=O)(=O)c1ccc(C(C)NC(=O)CC2CSCCN2)cc1. The summed E-state index contributed by atoms with van der Waals surface area (Å²) < 4.78 is 25.7.